The van der Waals surface area contributed by atoms with Crippen molar-refractivity contribution in [3.8, 4) is 0 Å². The fourth-order valence-electron chi connectivity index (χ4n) is 3.71. The number of fused-ring (bicyclic) bond motifs is 3. The second kappa shape index (κ2) is 7.15. The van der Waals surface area contributed by atoms with Crippen LogP contribution in [0.2, 0.25) is 0 Å². The Kier molecular flexibility index (Phi) is 4.88. The number of imide groups is 1. The number of hydrogen-bond donors (Lipinski definition) is 0. The SMILES string of the molecule is CCCn1c(SCC(=O)N2CCCC2=O)nc2sc3c(c2c1=O)CCC3. The van der Waals surface area contributed by atoms with E-state index in [1.807, 2.05) is 6.92 Å². The molecule has 2 aromatic heterocycles. The number of rotatable bonds is 5. The van der Waals surface area contributed by atoms with E-state index >= 15 is 0 Å². The number of aryl methyl sites for hydroxylation is 2. The third-order valence-electron chi connectivity index (χ3n) is 4.94. The highest BCUT2D eigenvalue weighted by Crippen LogP contribution is 2.35. The molecular weight excluding hydrogens is 370 g/mol. The van der Waals surface area contributed by atoms with Crippen LogP contribution in [0.3, 0.4) is 0 Å². The quantitative estimate of drug-likeness (QED) is 0.579. The highest BCUT2D eigenvalue weighted by molar-refractivity contribution is 7.99. The molecule has 26 heavy (non-hydrogen) atoms. The van der Waals surface area contributed by atoms with Crippen LogP contribution in [-0.4, -0.2) is 38.6 Å². The summed E-state index contributed by atoms with van der Waals surface area (Å²) in [5.74, 6) is -0.151. The first-order valence-corrected chi connectivity index (χ1v) is 10.9. The Morgan fingerprint density at radius 2 is 2.08 bits per heavy atom. The van der Waals surface area contributed by atoms with E-state index in [2.05, 4.69) is 0 Å². The van der Waals surface area contributed by atoms with Gasteiger partial charge in [-0.2, -0.15) is 0 Å². The van der Waals surface area contributed by atoms with E-state index in [1.165, 1.54) is 27.1 Å². The molecule has 1 aliphatic carbocycles. The number of nitrogens with zero attached hydrogens (tertiary/aromatic N) is 3. The minimum atomic E-state index is -0.191. The molecule has 0 bridgehead atoms. The normalized spacial score (nSPS) is 16.7. The summed E-state index contributed by atoms with van der Waals surface area (Å²) in [5.41, 5.74) is 1.20. The molecule has 1 aliphatic heterocycles. The van der Waals surface area contributed by atoms with Crippen molar-refractivity contribution in [2.24, 2.45) is 0 Å². The molecule has 138 valence electrons. The molecule has 2 aliphatic rings. The molecule has 1 saturated heterocycles. The van der Waals surface area contributed by atoms with Gasteiger partial charge in [0.1, 0.15) is 4.83 Å². The summed E-state index contributed by atoms with van der Waals surface area (Å²) in [4.78, 5) is 45.3. The molecule has 1 fully saturated rings. The van der Waals surface area contributed by atoms with Crippen molar-refractivity contribution in [1.82, 2.24) is 14.5 Å². The lowest BCUT2D eigenvalue weighted by molar-refractivity contribution is -0.140. The van der Waals surface area contributed by atoms with Crippen molar-refractivity contribution in [1.29, 1.82) is 0 Å². The molecule has 0 spiro atoms. The van der Waals surface area contributed by atoms with Crippen LogP contribution in [0, 0.1) is 0 Å². The van der Waals surface area contributed by atoms with Gasteiger partial charge in [-0.15, -0.1) is 11.3 Å². The Morgan fingerprint density at radius 3 is 2.81 bits per heavy atom. The first-order valence-electron chi connectivity index (χ1n) is 9.11. The zero-order valence-electron chi connectivity index (χ0n) is 14.7. The van der Waals surface area contributed by atoms with Gasteiger partial charge in [0.2, 0.25) is 11.8 Å². The highest BCUT2D eigenvalue weighted by Gasteiger charge is 2.27. The van der Waals surface area contributed by atoms with Gasteiger partial charge in [-0.1, -0.05) is 18.7 Å². The van der Waals surface area contributed by atoms with Crippen molar-refractivity contribution in [3.63, 3.8) is 0 Å². The first kappa shape index (κ1) is 17.7. The number of thioether (sulfide) groups is 1. The van der Waals surface area contributed by atoms with Gasteiger partial charge in [-0.05, 0) is 37.7 Å². The molecule has 4 rings (SSSR count). The fraction of sp³-hybridized carbons (Fsp3) is 0.556. The van der Waals surface area contributed by atoms with E-state index in [4.69, 9.17) is 4.98 Å². The zero-order chi connectivity index (χ0) is 18.3. The van der Waals surface area contributed by atoms with E-state index in [0.717, 1.165) is 42.3 Å². The minimum absolute atomic E-state index is 0.0171. The molecule has 0 radical (unpaired) electrons. The predicted molar refractivity (Wildman–Crippen MR) is 103 cm³/mol. The van der Waals surface area contributed by atoms with Gasteiger partial charge in [-0.3, -0.25) is 23.9 Å². The largest absolute Gasteiger partial charge is 0.287 e. The van der Waals surface area contributed by atoms with Crippen LogP contribution in [-0.2, 0) is 29.0 Å². The second-order valence-corrected chi connectivity index (χ2v) is 8.75. The first-order chi connectivity index (χ1) is 12.6. The molecule has 0 atom stereocenters. The van der Waals surface area contributed by atoms with E-state index in [-0.39, 0.29) is 23.1 Å². The van der Waals surface area contributed by atoms with Crippen molar-refractivity contribution in [3.05, 3.63) is 20.8 Å². The molecule has 6 nitrogen and oxygen atoms in total. The molecule has 2 amide bonds. The second-order valence-electron chi connectivity index (χ2n) is 6.72. The summed E-state index contributed by atoms with van der Waals surface area (Å²) < 4.78 is 1.71. The van der Waals surface area contributed by atoms with Gasteiger partial charge in [0, 0.05) is 24.4 Å². The highest BCUT2D eigenvalue weighted by atomic mass is 32.2. The molecule has 0 aromatic carbocycles. The standard InChI is InChI=1S/C18H21N3O3S2/c1-2-8-21-17(24)15-11-5-3-6-12(11)26-16(15)19-18(21)25-10-14(23)20-9-4-7-13(20)22/h2-10H2,1H3. The maximum atomic E-state index is 13.1. The lowest BCUT2D eigenvalue weighted by Gasteiger charge is -2.14. The third kappa shape index (κ3) is 2.99. The minimum Gasteiger partial charge on any atom is -0.287 e. The molecule has 0 saturated carbocycles. The summed E-state index contributed by atoms with van der Waals surface area (Å²) in [6.45, 7) is 3.12. The van der Waals surface area contributed by atoms with Crippen LogP contribution in [0.25, 0.3) is 10.2 Å². The van der Waals surface area contributed by atoms with Gasteiger partial charge in [0.05, 0.1) is 11.1 Å². The summed E-state index contributed by atoms with van der Waals surface area (Å²) >= 11 is 2.88. The number of likely N-dealkylation sites (tertiary alicyclic amines) is 1. The number of hydrogen-bond acceptors (Lipinski definition) is 6. The lowest BCUT2D eigenvalue weighted by atomic mass is 10.2. The van der Waals surface area contributed by atoms with Gasteiger partial charge in [0.25, 0.3) is 5.56 Å². The van der Waals surface area contributed by atoms with Crippen LogP contribution in [0.5, 0.6) is 0 Å². The molecule has 0 N–H and O–H groups in total. The van der Waals surface area contributed by atoms with Crippen molar-refractivity contribution in [2.75, 3.05) is 12.3 Å². The van der Waals surface area contributed by atoms with E-state index in [9.17, 15) is 14.4 Å². The Bertz CT molecular complexity index is 947. The molecular formula is C18H21N3O3S2. The number of carbonyl (C=O) groups excluding carboxylic acids is 2. The monoisotopic (exact) mass is 391 g/mol. The third-order valence-corrected chi connectivity index (χ3v) is 7.08. The van der Waals surface area contributed by atoms with Crippen LogP contribution in [0.15, 0.2) is 9.95 Å². The van der Waals surface area contributed by atoms with E-state index in [1.54, 1.807) is 15.9 Å². The van der Waals surface area contributed by atoms with Crippen LogP contribution in [0.1, 0.15) is 43.0 Å². The Morgan fingerprint density at radius 1 is 1.23 bits per heavy atom. The molecule has 2 aromatic rings. The van der Waals surface area contributed by atoms with Crippen molar-refractivity contribution >= 4 is 45.1 Å². The van der Waals surface area contributed by atoms with Gasteiger partial charge < -0.3 is 0 Å². The number of thiophene rings is 1. The van der Waals surface area contributed by atoms with Crippen molar-refractivity contribution < 1.29 is 9.59 Å². The summed E-state index contributed by atoms with van der Waals surface area (Å²) in [7, 11) is 0. The van der Waals surface area contributed by atoms with E-state index < -0.39 is 0 Å². The smallest absolute Gasteiger partial charge is 0.263 e. The summed E-state index contributed by atoms with van der Waals surface area (Å²) in [6.07, 6.45) is 5.11. The van der Waals surface area contributed by atoms with Gasteiger partial charge >= 0.3 is 0 Å². The summed E-state index contributed by atoms with van der Waals surface area (Å²) in [6, 6.07) is 0. The van der Waals surface area contributed by atoms with Gasteiger partial charge in [0.15, 0.2) is 5.16 Å². The van der Waals surface area contributed by atoms with Crippen molar-refractivity contribution in [2.45, 2.75) is 57.1 Å². The predicted octanol–water partition coefficient (Wildman–Crippen LogP) is 2.60. The topological polar surface area (TPSA) is 72.3 Å². The Balaban J connectivity index is 1.65. The maximum Gasteiger partial charge on any atom is 0.263 e. The number of aromatic nitrogens is 2. The average Bonchev–Trinajstić information content (AvgIpc) is 3.31. The fourth-order valence-corrected chi connectivity index (χ4v) is 5.91. The van der Waals surface area contributed by atoms with Crippen LogP contribution >= 0.6 is 23.1 Å². The lowest BCUT2D eigenvalue weighted by Crippen LogP contribution is -2.33. The molecule has 3 heterocycles. The average molecular weight is 392 g/mol. The summed E-state index contributed by atoms with van der Waals surface area (Å²) in [5, 5.41) is 1.37. The van der Waals surface area contributed by atoms with Gasteiger partial charge in [-0.25, -0.2) is 4.98 Å². The Hall–Kier alpha value is -1.67. The number of amides is 2. The maximum absolute atomic E-state index is 13.1. The number of carbonyl (C=O) groups is 2. The van der Waals surface area contributed by atoms with E-state index in [0.29, 0.717) is 24.7 Å². The zero-order valence-corrected chi connectivity index (χ0v) is 16.4. The Labute approximate surface area is 159 Å². The van der Waals surface area contributed by atoms with Crippen LogP contribution < -0.4 is 5.56 Å². The van der Waals surface area contributed by atoms with Crippen LogP contribution in [0.4, 0.5) is 0 Å². The molecule has 0 unspecified atom stereocenters. The molecule has 8 heteroatoms.